The molecule has 0 unspecified atom stereocenters. The van der Waals surface area contributed by atoms with E-state index < -0.39 is 6.09 Å². The first-order chi connectivity index (χ1) is 7.68. The highest BCUT2D eigenvalue weighted by Crippen LogP contribution is 2.25. The van der Waals surface area contributed by atoms with Crippen LogP contribution in [-0.2, 0) is 0 Å². The molecule has 1 aliphatic rings. The first kappa shape index (κ1) is 10.9. The summed E-state index contributed by atoms with van der Waals surface area (Å²) in [5.41, 5.74) is 0.561. The molecule has 1 aromatic rings. The van der Waals surface area contributed by atoms with Gasteiger partial charge in [-0.3, -0.25) is 0 Å². The lowest BCUT2D eigenvalue weighted by Crippen LogP contribution is -2.38. The summed E-state index contributed by atoms with van der Waals surface area (Å²) in [5, 5.41) is 14.1. The van der Waals surface area contributed by atoms with E-state index in [0.29, 0.717) is 18.7 Å². The Hall–Kier alpha value is -1.62. The van der Waals surface area contributed by atoms with E-state index in [9.17, 15) is 9.18 Å². The number of nitrogens with one attached hydrogen (secondary N) is 2. The molecule has 16 heavy (non-hydrogen) atoms. The van der Waals surface area contributed by atoms with E-state index in [4.69, 9.17) is 5.11 Å². The molecule has 3 N–H and O–H groups in total. The first-order valence-corrected chi connectivity index (χ1v) is 5.13. The van der Waals surface area contributed by atoms with Gasteiger partial charge < -0.3 is 15.7 Å². The fraction of sp³-hybridized carbons (Fsp3) is 0.364. The number of rotatable bonds is 2. The lowest BCUT2D eigenvalue weighted by Gasteiger charge is -2.19. The average molecular weight is 224 g/mol. The fourth-order valence-corrected chi connectivity index (χ4v) is 2.09. The van der Waals surface area contributed by atoms with Gasteiger partial charge in [0.25, 0.3) is 0 Å². The van der Waals surface area contributed by atoms with Crippen molar-refractivity contribution in [1.82, 2.24) is 10.6 Å². The van der Waals surface area contributed by atoms with Gasteiger partial charge in [-0.05, 0) is 11.6 Å². The maximum atomic E-state index is 13.5. The smallest absolute Gasteiger partial charge is 0.404 e. The third-order valence-corrected chi connectivity index (χ3v) is 2.83. The SMILES string of the molecule is O=C(O)N[C@H]1CNC[C@@H]1c1ccccc1F. The lowest BCUT2D eigenvalue weighted by molar-refractivity contribution is 0.189. The molecule has 86 valence electrons. The van der Waals surface area contributed by atoms with Gasteiger partial charge in [0.15, 0.2) is 0 Å². The van der Waals surface area contributed by atoms with Gasteiger partial charge in [0.05, 0.1) is 6.04 Å². The molecule has 1 fully saturated rings. The Bertz CT molecular complexity index is 397. The molecule has 0 spiro atoms. The van der Waals surface area contributed by atoms with Crippen molar-refractivity contribution in [2.45, 2.75) is 12.0 Å². The van der Waals surface area contributed by atoms with Crippen LogP contribution in [0.15, 0.2) is 24.3 Å². The fourth-order valence-electron chi connectivity index (χ4n) is 2.09. The molecule has 0 saturated carbocycles. The first-order valence-electron chi connectivity index (χ1n) is 5.13. The number of carbonyl (C=O) groups is 1. The molecule has 0 radical (unpaired) electrons. The molecule has 0 bridgehead atoms. The Morgan fingerprint density at radius 1 is 1.44 bits per heavy atom. The quantitative estimate of drug-likeness (QED) is 0.706. The summed E-state index contributed by atoms with van der Waals surface area (Å²) in [6.45, 7) is 1.12. The molecular weight excluding hydrogens is 211 g/mol. The molecule has 1 amide bonds. The van der Waals surface area contributed by atoms with Crippen LogP contribution in [0.4, 0.5) is 9.18 Å². The maximum Gasteiger partial charge on any atom is 0.404 e. The Kier molecular flexibility index (Phi) is 3.05. The number of amides is 1. The monoisotopic (exact) mass is 224 g/mol. The highest BCUT2D eigenvalue weighted by Gasteiger charge is 2.31. The second-order valence-electron chi connectivity index (χ2n) is 3.84. The Labute approximate surface area is 92.5 Å². The van der Waals surface area contributed by atoms with Crippen molar-refractivity contribution < 1.29 is 14.3 Å². The second-order valence-corrected chi connectivity index (χ2v) is 3.84. The van der Waals surface area contributed by atoms with Crippen LogP contribution < -0.4 is 10.6 Å². The van der Waals surface area contributed by atoms with E-state index in [1.807, 2.05) is 0 Å². The average Bonchev–Trinajstić information content (AvgIpc) is 2.66. The third kappa shape index (κ3) is 2.14. The van der Waals surface area contributed by atoms with Gasteiger partial charge in [0, 0.05) is 19.0 Å². The predicted octanol–water partition coefficient (Wildman–Crippen LogP) is 1.15. The molecule has 1 aromatic carbocycles. The van der Waals surface area contributed by atoms with Crippen LogP contribution >= 0.6 is 0 Å². The summed E-state index contributed by atoms with van der Waals surface area (Å²) >= 11 is 0. The summed E-state index contributed by atoms with van der Waals surface area (Å²) in [7, 11) is 0. The van der Waals surface area contributed by atoms with Gasteiger partial charge in [-0.1, -0.05) is 18.2 Å². The van der Waals surface area contributed by atoms with E-state index in [2.05, 4.69) is 10.6 Å². The zero-order valence-electron chi connectivity index (χ0n) is 8.61. The van der Waals surface area contributed by atoms with Gasteiger partial charge in [0.1, 0.15) is 5.82 Å². The minimum atomic E-state index is -1.07. The summed E-state index contributed by atoms with van der Waals surface area (Å²) in [6, 6.07) is 6.21. The number of hydrogen-bond donors (Lipinski definition) is 3. The second kappa shape index (κ2) is 4.49. The summed E-state index contributed by atoms with van der Waals surface area (Å²) in [5.74, 6) is -0.425. The normalized spacial score (nSPS) is 24.3. The number of halogens is 1. The Morgan fingerprint density at radius 2 is 2.19 bits per heavy atom. The largest absolute Gasteiger partial charge is 0.465 e. The minimum absolute atomic E-state index is 0.141. The molecule has 1 saturated heterocycles. The third-order valence-electron chi connectivity index (χ3n) is 2.83. The molecule has 0 aliphatic carbocycles. The van der Waals surface area contributed by atoms with Gasteiger partial charge in [-0.15, -0.1) is 0 Å². The van der Waals surface area contributed by atoms with Crippen LogP contribution in [0.5, 0.6) is 0 Å². The van der Waals surface area contributed by atoms with Gasteiger partial charge in [0.2, 0.25) is 0 Å². The zero-order chi connectivity index (χ0) is 11.5. The molecule has 0 aromatic heterocycles. The number of hydrogen-bond acceptors (Lipinski definition) is 2. The van der Waals surface area contributed by atoms with Crippen LogP contribution in [0, 0.1) is 5.82 Å². The van der Waals surface area contributed by atoms with Crippen LogP contribution in [0.2, 0.25) is 0 Å². The zero-order valence-corrected chi connectivity index (χ0v) is 8.61. The van der Waals surface area contributed by atoms with Crippen molar-refractivity contribution in [1.29, 1.82) is 0 Å². The van der Waals surface area contributed by atoms with Crippen molar-refractivity contribution in [3.05, 3.63) is 35.6 Å². The Balaban J connectivity index is 2.20. The molecule has 1 heterocycles. The van der Waals surface area contributed by atoms with Gasteiger partial charge in [-0.25, -0.2) is 9.18 Å². The van der Waals surface area contributed by atoms with Crippen LogP contribution in [0.25, 0.3) is 0 Å². The summed E-state index contributed by atoms with van der Waals surface area (Å²) in [4.78, 5) is 10.6. The van der Waals surface area contributed by atoms with Gasteiger partial charge >= 0.3 is 6.09 Å². The predicted molar refractivity (Wildman–Crippen MR) is 57.0 cm³/mol. The molecule has 2 atom stereocenters. The van der Waals surface area contributed by atoms with Gasteiger partial charge in [-0.2, -0.15) is 0 Å². The molecular formula is C11H13FN2O2. The topological polar surface area (TPSA) is 61.4 Å². The number of benzene rings is 1. The maximum absolute atomic E-state index is 13.5. The van der Waals surface area contributed by atoms with E-state index in [-0.39, 0.29) is 17.8 Å². The standard InChI is InChI=1S/C11H13FN2O2/c12-9-4-2-1-3-7(9)8-5-13-6-10(8)14-11(15)16/h1-4,8,10,13-14H,5-6H2,(H,15,16)/t8-,10+/m1/s1. The van der Waals surface area contributed by atoms with Crippen LogP contribution in [0.3, 0.4) is 0 Å². The van der Waals surface area contributed by atoms with E-state index in [1.165, 1.54) is 6.07 Å². The summed E-state index contributed by atoms with van der Waals surface area (Å²) < 4.78 is 13.5. The van der Waals surface area contributed by atoms with Crippen molar-refractivity contribution in [2.24, 2.45) is 0 Å². The Morgan fingerprint density at radius 3 is 2.88 bits per heavy atom. The van der Waals surface area contributed by atoms with Crippen LogP contribution in [0.1, 0.15) is 11.5 Å². The van der Waals surface area contributed by atoms with Crippen molar-refractivity contribution in [3.63, 3.8) is 0 Å². The van der Waals surface area contributed by atoms with Crippen molar-refractivity contribution in [2.75, 3.05) is 13.1 Å². The molecule has 4 nitrogen and oxygen atoms in total. The molecule has 2 rings (SSSR count). The highest BCUT2D eigenvalue weighted by molar-refractivity contribution is 5.65. The van der Waals surface area contributed by atoms with E-state index in [0.717, 1.165) is 0 Å². The number of carboxylic acid groups (broad SMARTS) is 1. The van der Waals surface area contributed by atoms with Crippen molar-refractivity contribution >= 4 is 6.09 Å². The summed E-state index contributed by atoms with van der Waals surface area (Å²) in [6.07, 6.45) is -1.07. The van der Waals surface area contributed by atoms with E-state index >= 15 is 0 Å². The molecule has 5 heteroatoms. The van der Waals surface area contributed by atoms with Crippen LogP contribution in [-0.4, -0.2) is 30.3 Å². The van der Waals surface area contributed by atoms with Crippen molar-refractivity contribution in [3.8, 4) is 0 Å². The molecule has 1 aliphatic heterocycles. The lowest BCUT2D eigenvalue weighted by atomic mass is 9.94. The minimum Gasteiger partial charge on any atom is -0.465 e. The highest BCUT2D eigenvalue weighted by atomic mass is 19.1. The van der Waals surface area contributed by atoms with E-state index in [1.54, 1.807) is 18.2 Å².